The van der Waals surface area contributed by atoms with Gasteiger partial charge in [0.15, 0.2) is 0 Å². The molecule has 10 nitrogen and oxygen atoms in total. The van der Waals surface area contributed by atoms with Crippen molar-refractivity contribution in [1.82, 2.24) is 0 Å². The summed E-state index contributed by atoms with van der Waals surface area (Å²) >= 11 is -0.0369. The summed E-state index contributed by atoms with van der Waals surface area (Å²) in [5.41, 5.74) is 0. The Labute approximate surface area is 162 Å². The molecule has 2 aliphatic heterocycles. The quantitative estimate of drug-likeness (QED) is 0.133. The van der Waals surface area contributed by atoms with Crippen LogP contribution in [0, 0.1) is 0 Å². The third kappa shape index (κ3) is 5.16. The number of aliphatic hydroxyl groups excluding tert-OH is 6. The van der Waals surface area contributed by atoms with Gasteiger partial charge in [-0.25, -0.2) is 0 Å². The molecule has 154 valence electrons. The van der Waals surface area contributed by atoms with Crippen LogP contribution in [0.15, 0.2) is 0 Å². The second-order valence-electron chi connectivity index (χ2n) is 6.08. The van der Waals surface area contributed by atoms with Gasteiger partial charge in [-0.3, -0.25) is 0 Å². The molecular weight excluding hydrogens is 486 g/mol. The molecule has 0 bridgehead atoms. The van der Waals surface area contributed by atoms with Crippen molar-refractivity contribution >= 4 is 26.3 Å². The average molecular weight is 512 g/mol. The fourth-order valence-corrected chi connectivity index (χ4v) is 9.72. The zero-order chi connectivity index (χ0) is 19.4. The summed E-state index contributed by atoms with van der Waals surface area (Å²) in [5.74, 6) is 0. The molecule has 2 heterocycles. The molecule has 0 aliphatic carbocycles. The second kappa shape index (κ2) is 10.4. The summed E-state index contributed by atoms with van der Waals surface area (Å²) < 4.78 is 20.4. The van der Waals surface area contributed by atoms with E-state index in [4.69, 9.17) is 18.9 Å². The molecule has 2 rings (SSSR count). The van der Waals surface area contributed by atoms with E-state index in [0.29, 0.717) is 10.6 Å². The van der Waals surface area contributed by atoms with Gasteiger partial charge < -0.3 is 0 Å². The van der Waals surface area contributed by atoms with E-state index in [1.165, 1.54) is 14.2 Å². The zero-order valence-corrected chi connectivity index (χ0v) is 17.7. The molecular formula is C14H26O10Se2. The molecule has 0 aromatic rings. The van der Waals surface area contributed by atoms with Crippen LogP contribution >= 0.6 is 0 Å². The summed E-state index contributed by atoms with van der Waals surface area (Å²) in [6, 6.07) is 0. The van der Waals surface area contributed by atoms with Crippen LogP contribution in [-0.4, -0.2) is 133 Å². The molecule has 0 aromatic heterocycles. The molecule has 0 saturated carbocycles. The molecule has 10 atom stereocenters. The standard InChI is InChI=1S/C14H26O10Se2/c1-21-13-9(19)7(17)11(23-13)5(15)3-25-26-4-6(16)12-8(18)10(20)14(22-2)24-12/h5-20H,3-4H2,1-2H3/t5-,6-,7-,8-,9-,10-,11-,12-,13+,14+/m1/s1. The second-order valence-corrected chi connectivity index (χ2v) is 13.6. The van der Waals surface area contributed by atoms with Crippen LogP contribution < -0.4 is 0 Å². The van der Waals surface area contributed by atoms with Gasteiger partial charge in [0, 0.05) is 0 Å². The summed E-state index contributed by atoms with van der Waals surface area (Å²) in [6.07, 6.45) is -10.5. The van der Waals surface area contributed by atoms with E-state index in [0.717, 1.165) is 0 Å². The van der Waals surface area contributed by atoms with Gasteiger partial charge in [0.05, 0.1) is 0 Å². The summed E-state index contributed by atoms with van der Waals surface area (Å²) in [5, 5.41) is 60.3. The van der Waals surface area contributed by atoms with E-state index >= 15 is 0 Å². The zero-order valence-electron chi connectivity index (χ0n) is 14.3. The Morgan fingerprint density at radius 3 is 1.35 bits per heavy atom. The van der Waals surface area contributed by atoms with E-state index in [2.05, 4.69) is 0 Å². The Morgan fingerprint density at radius 2 is 1.08 bits per heavy atom. The first-order valence-electron chi connectivity index (χ1n) is 8.01. The normalized spacial score (nSPS) is 42.9. The SMILES string of the molecule is CO[C@H]1O[C@H]([C@H](O)C[Se][Se]C[C@@H](O)[C@H]2O[C@H](OC)[C@H](O)[C@H]2O)[C@H](O)[C@H]1O. The molecule has 0 unspecified atom stereocenters. The Kier molecular flexibility index (Phi) is 9.19. The third-order valence-corrected chi connectivity index (χ3v) is 11.4. The molecule has 0 radical (unpaired) electrons. The van der Waals surface area contributed by atoms with Gasteiger partial charge >= 0.3 is 162 Å². The van der Waals surface area contributed by atoms with E-state index in [-0.39, 0.29) is 26.3 Å². The number of methoxy groups -OCH3 is 2. The maximum absolute atomic E-state index is 10.2. The van der Waals surface area contributed by atoms with Crippen LogP contribution in [0.5, 0.6) is 0 Å². The molecule has 0 aromatic carbocycles. The maximum atomic E-state index is 10.2. The van der Waals surface area contributed by atoms with Crippen LogP contribution in [0.1, 0.15) is 0 Å². The predicted molar refractivity (Wildman–Crippen MR) is 88.5 cm³/mol. The predicted octanol–water partition coefficient (Wildman–Crippen LogP) is -3.95. The van der Waals surface area contributed by atoms with Crippen molar-refractivity contribution < 1.29 is 49.6 Å². The van der Waals surface area contributed by atoms with Crippen LogP contribution in [0.4, 0.5) is 0 Å². The van der Waals surface area contributed by atoms with Gasteiger partial charge in [0.25, 0.3) is 0 Å². The average Bonchev–Trinajstić information content (AvgIpc) is 3.08. The van der Waals surface area contributed by atoms with E-state index in [9.17, 15) is 30.6 Å². The van der Waals surface area contributed by atoms with Crippen molar-refractivity contribution in [1.29, 1.82) is 0 Å². The Balaban J connectivity index is 1.70. The summed E-state index contributed by atoms with van der Waals surface area (Å²) in [7, 11) is 2.68. The van der Waals surface area contributed by atoms with Crippen molar-refractivity contribution in [3.63, 3.8) is 0 Å². The van der Waals surface area contributed by atoms with Crippen molar-refractivity contribution in [3.8, 4) is 0 Å². The Morgan fingerprint density at radius 1 is 0.731 bits per heavy atom. The first kappa shape index (κ1) is 22.9. The summed E-state index contributed by atoms with van der Waals surface area (Å²) in [6.45, 7) is 0. The number of hydrogen-bond donors (Lipinski definition) is 6. The molecule has 2 fully saturated rings. The molecule has 26 heavy (non-hydrogen) atoms. The van der Waals surface area contributed by atoms with Crippen LogP contribution in [-0.2, 0) is 18.9 Å². The van der Waals surface area contributed by atoms with Crippen molar-refractivity contribution in [3.05, 3.63) is 0 Å². The first-order chi connectivity index (χ1) is 12.3. The van der Waals surface area contributed by atoms with Gasteiger partial charge in [0.2, 0.25) is 0 Å². The number of hydrogen-bond acceptors (Lipinski definition) is 10. The fraction of sp³-hybridized carbons (Fsp3) is 1.00. The van der Waals surface area contributed by atoms with E-state index in [1.807, 2.05) is 0 Å². The van der Waals surface area contributed by atoms with Crippen molar-refractivity contribution in [2.45, 2.75) is 72.1 Å². The fourth-order valence-electron chi connectivity index (χ4n) is 2.79. The van der Waals surface area contributed by atoms with Crippen LogP contribution in [0.3, 0.4) is 0 Å². The monoisotopic (exact) mass is 514 g/mol. The first-order valence-corrected chi connectivity index (χ1v) is 14.8. The molecule has 12 heteroatoms. The minimum atomic E-state index is -1.22. The van der Waals surface area contributed by atoms with Crippen LogP contribution in [0.2, 0.25) is 10.6 Å². The Bertz CT molecular complexity index is 395. The van der Waals surface area contributed by atoms with Gasteiger partial charge in [0.1, 0.15) is 0 Å². The third-order valence-electron chi connectivity index (χ3n) is 4.30. The van der Waals surface area contributed by atoms with Crippen LogP contribution in [0.25, 0.3) is 0 Å². The topological polar surface area (TPSA) is 158 Å². The number of rotatable bonds is 9. The molecule has 6 N–H and O–H groups in total. The summed E-state index contributed by atoms with van der Waals surface area (Å²) in [4.78, 5) is 0. The van der Waals surface area contributed by atoms with Crippen molar-refractivity contribution in [2.24, 2.45) is 0 Å². The van der Waals surface area contributed by atoms with Gasteiger partial charge in [-0.05, 0) is 0 Å². The molecule has 2 aliphatic rings. The molecule has 0 amide bonds. The van der Waals surface area contributed by atoms with Gasteiger partial charge in [-0.1, -0.05) is 0 Å². The van der Waals surface area contributed by atoms with E-state index < -0.39 is 61.4 Å². The van der Waals surface area contributed by atoms with Crippen molar-refractivity contribution in [2.75, 3.05) is 14.2 Å². The minimum absolute atomic E-state index is 0.0184. The Hall–Kier alpha value is 0.639. The van der Waals surface area contributed by atoms with E-state index in [1.54, 1.807) is 0 Å². The molecule has 0 spiro atoms. The van der Waals surface area contributed by atoms with Gasteiger partial charge in [-0.2, -0.15) is 0 Å². The number of ether oxygens (including phenoxy) is 4. The molecule has 2 saturated heterocycles. The van der Waals surface area contributed by atoms with Gasteiger partial charge in [-0.15, -0.1) is 0 Å². The number of aliphatic hydroxyl groups is 6.